The molecule has 0 radical (unpaired) electrons. The van der Waals surface area contributed by atoms with Crippen molar-refractivity contribution >= 4 is 28.6 Å². The topological polar surface area (TPSA) is 63.1 Å². The van der Waals surface area contributed by atoms with E-state index >= 15 is 0 Å². The average Bonchev–Trinajstić information content (AvgIpc) is 2.35. The Balaban J connectivity index is 2.56. The number of nitrogens with zero attached hydrogens (tertiary/aromatic N) is 2. The van der Waals surface area contributed by atoms with Crippen LogP contribution < -0.4 is 0 Å². The Bertz CT molecular complexity index is 599. The molecule has 0 spiro atoms. The van der Waals surface area contributed by atoms with Gasteiger partial charge in [0.15, 0.2) is 0 Å². The van der Waals surface area contributed by atoms with Crippen molar-refractivity contribution < 1.29 is 9.90 Å². The molecule has 0 fully saturated rings. The summed E-state index contributed by atoms with van der Waals surface area (Å²) >= 11 is 1.25. The summed E-state index contributed by atoms with van der Waals surface area (Å²) in [5, 5.41) is 10.5. The van der Waals surface area contributed by atoms with E-state index in [9.17, 15) is 4.79 Å². The third kappa shape index (κ3) is 2.61. The second-order valence-electron chi connectivity index (χ2n) is 3.95. The van der Waals surface area contributed by atoms with E-state index < -0.39 is 5.97 Å². The lowest BCUT2D eigenvalue weighted by Gasteiger charge is -2.08. The first-order chi connectivity index (χ1) is 8.61. The molecule has 0 saturated carbocycles. The van der Waals surface area contributed by atoms with Crippen molar-refractivity contribution in [1.82, 2.24) is 9.97 Å². The fraction of sp³-hybridized carbons (Fsp3) is 0.308. The molecule has 2 aromatic rings. The Morgan fingerprint density at radius 3 is 2.83 bits per heavy atom. The zero-order valence-corrected chi connectivity index (χ0v) is 11.1. The van der Waals surface area contributed by atoms with Crippen LogP contribution in [0.5, 0.6) is 0 Å². The molecule has 1 aromatic heterocycles. The molecule has 5 heteroatoms. The van der Waals surface area contributed by atoms with Crippen LogP contribution in [0, 0.1) is 6.92 Å². The van der Waals surface area contributed by atoms with Crippen molar-refractivity contribution in [3.63, 3.8) is 0 Å². The van der Waals surface area contributed by atoms with Gasteiger partial charge in [-0.1, -0.05) is 30.8 Å². The van der Waals surface area contributed by atoms with Crippen molar-refractivity contribution in [1.29, 1.82) is 0 Å². The van der Waals surface area contributed by atoms with Crippen LogP contribution in [0.1, 0.15) is 18.3 Å². The van der Waals surface area contributed by atoms with Crippen LogP contribution in [0.2, 0.25) is 0 Å². The van der Waals surface area contributed by atoms with Gasteiger partial charge in [0.05, 0.1) is 11.3 Å². The quantitative estimate of drug-likeness (QED) is 0.678. The van der Waals surface area contributed by atoms with Gasteiger partial charge in [-0.05, 0) is 18.6 Å². The lowest BCUT2D eigenvalue weighted by atomic mass is 10.1. The minimum atomic E-state index is -0.835. The van der Waals surface area contributed by atoms with Crippen LogP contribution in [-0.4, -0.2) is 26.8 Å². The van der Waals surface area contributed by atoms with Crippen LogP contribution in [0.4, 0.5) is 0 Å². The summed E-state index contributed by atoms with van der Waals surface area (Å²) < 4.78 is 0. The monoisotopic (exact) mass is 262 g/mol. The Labute approximate surface area is 109 Å². The number of carbonyl (C=O) groups is 1. The highest BCUT2D eigenvalue weighted by atomic mass is 32.2. The van der Waals surface area contributed by atoms with Crippen molar-refractivity contribution in [2.24, 2.45) is 0 Å². The molecule has 0 unspecified atom stereocenters. The largest absolute Gasteiger partial charge is 0.481 e. The van der Waals surface area contributed by atoms with E-state index in [4.69, 9.17) is 5.11 Å². The highest BCUT2D eigenvalue weighted by Gasteiger charge is 2.11. The number of hydrogen-bond acceptors (Lipinski definition) is 4. The Hall–Kier alpha value is -1.62. The second-order valence-corrected chi connectivity index (χ2v) is 4.91. The number of aromatic nitrogens is 2. The lowest BCUT2D eigenvalue weighted by Crippen LogP contribution is -2.02. The first-order valence-electron chi connectivity index (χ1n) is 5.72. The number of benzene rings is 1. The molecular weight excluding hydrogens is 248 g/mol. The first kappa shape index (κ1) is 12.8. The average molecular weight is 262 g/mol. The molecule has 4 nitrogen and oxygen atoms in total. The normalized spacial score (nSPS) is 10.8. The predicted octanol–water partition coefficient (Wildman–Crippen LogP) is 2.68. The van der Waals surface area contributed by atoms with Crippen LogP contribution in [0.25, 0.3) is 10.9 Å². The SMILES string of the molecule is CCc1nc(SCC(=O)O)c2c(C)cccc2n1. The smallest absolute Gasteiger partial charge is 0.313 e. The summed E-state index contributed by atoms with van der Waals surface area (Å²) in [6.45, 7) is 3.98. The molecule has 1 heterocycles. The fourth-order valence-electron chi connectivity index (χ4n) is 1.75. The molecule has 0 aliphatic carbocycles. The fourth-order valence-corrected chi connectivity index (χ4v) is 2.59. The zero-order valence-electron chi connectivity index (χ0n) is 10.3. The minimum absolute atomic E-state index is 0.0175. The van der Waals surface area contributed by atoms with Gasteiger partial charge in [-0.3, -0.25) is 4.79 Å². The van der Waals surface area contributed by atoms with Gasteiger partial charge >= 0.3 is 5.97 Å². The third-order valence-corrected chi connectivity index (χ3v) is 3.55. The summed E-state index contributed by atoms with van der Waals surface area (Å²) in [6, 6.07) is 5.88. The summed E-state index contributed by atoms with van der Waals surface area (Å²) in [5.74, 6) is -0.0664. The van der Waals surface area contributed by atoms with Gasteiger partial charge in [-0.25, -0.2) is 9.97 Å². The number of rotatable bonds is 4. The maximum atomic E-state index is 10.7. The van der Waals surface area contributed by atoms with Gasteiger partial charge in [-0.15, -0.1) is 0 Å². The standard InChI is InChI=1S/C13H14N2O2S/c1-3-10-14-9-6-4-5-8(2)12(9)13(15-10)18-7-11(16)17/h4-6H,3,7H2,1-2H3,(H,16,17). The Morgan fingerprint density at radius 2 is 2.17 bits per heavy atom. The van der Waals surface area contributed by atoms with E-state index in [0.29, 0.717) is 0 Å². The van der Waals surface area contributed by atoms with E-state index in [1.807, 2.05) is 32.0 Å². The zero-order chi connectivity index (χ0) is 13.1. The first-order valence-corrected chi connectivity index (χ1v) is 6.71. The van der Waals surface area contributed by atoms with Crippen LogP contribution in [0.3, 0.4) is 0 Å². The summed E-state index contributed by atoms with van der Waals surface area (Å²) in [7, 11) is 0. The lowest BCUT2D eigenvalue weighted by molar-refractivity contribution is -0.133. The molecule has 0 saturated heterocycles. The highest BCUT2D eigenvalue weighted by Crippen LogP contribution is 2.28. The van der Waals surface area contributed by atoms with Crippen molar-refractivity contribution in [3.05, 3.63) is 29.6 Å². The molecule has 1 aromatic carbocycles. The molecule has 18 heavy (non-hydrogen) atoms. The van der Waals surface area contributed by atoms with E-state index in [1.54, 1.807) is 0 Å². The molecule has 0 atom stereocenters. The number of carboxylic acid groups (broad SMARTS) is 1. The summed E-state index contributed by atoms with van der Waals surface area (Å²) in [5.41, 5.74) is 1.96. The Morgan fingerprint density at radius 1 is 1.39 bits per heavy atom. The summed E-state index contributed by atoms with van der Waals surface area (Å²) in [4.78, 5) is 19.6. The van der Waals surface area contributed by atoms with E-state index in [2.05, 4.69) is 9.97 Å². The van der Waals surface area contributed by atoms with E-state index in [0.717, 1.165) is 33.7 Å². The number of aryl methyl sites for hydroxylation is 2. The second kappa shape index (κ2) is 5.35. The molecule has 0 aliphatic heterocycles. The Kier molecular flexibility index (Phi) is 3.81. The van der Waals surface area contributed by atoms with Gasteiger partial charge in [0.1, 0.15) is 10.9 Å². The van der Waals surface area contributed by atoms with Gasteiger partial charge in [0, 0.05) is 11.8 Å². The van der Waals surface area contributed by atoms with Crippen molar-refractivity contribution in [2.75, 3.05) is 5.75 Å². The van der Waals surface area contributed by atoms with Gasteiger partial charge in [0.25, 0.3) is 0 Å². The molecule has 1 N–H and O–H groups in total. The molecular formula is C13H14N2O2S. The molecule has 2 rings (SSSR count). The van der Waals surface area contributed by atoms with Gasteiger partial charge in [0.2, 0.25) is 0 Å². The number of carboxylic acids is 1. The maximum absolute atomic E-state index is 10.7. The van der Waals surface area contributed by atoms with E-state index in [1.165, 1.54) is 11.8 Å². The third-order valence-electron chi connectivity index (χ3n) is 2.59. The predicted molar refractivity (Wildman–Crippen MR) is 72.0 cm³/mol. The van der Waals surface area contributed by atoms with Crippen LogP contribution >= 0.6 is 11.8 Å². The maximum Gasteiger partial charge on any atom is 0.313 e. The van der Waals surface area contributed by atoms with Crippen LogP contribution in [0.15, 0.2) is 23.2 Å². The minimum Gasteiger partial charge on any atom is -0.481 e. The summed E-state index contributed by atoms with van der Waals surface area (Å²) in [6.07, 6.45) is 0.741. The number of aliphatic carboxylic acids is 1. The number of fused-ring (bicyclic) bond motifs is 1. The molecule has 0 bridgehead atoms. The van der Waals surface area contributed by atoms with Crippen molar-refractivity contribution in [3.8, 4) is 0 Å². The van der Waals surface area contributed by atoms with Crippen molar-refractivity contribution in [2.45, 2.75) is 25.3 Å². The highest BCUT2D eigenvalue weighted by molar-refractivity contribution is 8.00. The number of thioether (sulfide) groups is 1. The number of hydrogen-bond donors (Lipinski definition) is 1. The molecule has 0 aliphatic rings. The van der Waals surface area contributed by atoms with Gasteiger partial charge in [-0.2, -0.15) is 0 Å². The molecule has 94 valence electrons. The van der Waals surface area contributed by atoms with E-state index in [-0.39, 0.29) is 5.75 Å². The van der Waals surface area contributed by atoms with Crippen LogP contribution in [-0.2, 0) is 11.2 Å². The molecule has 0 amide bonds. The van der Waals surface area contributed by atoms with Gasteiger partial charge < -0.3 is 5.11 Å².